The van der Waals surface area contributed by atoms with Crippen molar-refractivity contribution in [2.75, 3.05) is 6.61 Å². The van der Waals surface area contributed by atoms with E-state index in [2.05, 4.69) is 129 Å². The summed E-state index contributed by atoms with van der Waals surface area (Å²) in [5.41, 5.74) is 0. The molecule has 0 fully saturated rings. The predicted molar refractivity (Wildman–Crippen MR) is 280 cm³/mol. The fourth-order valence-corrected chi connectivity index (χ4v) is 7.19. The zero-order chi connectivity index (χ0) is 45.6. The Kier molecular flexibility index (Phi) is 50.4. The van der Waals surface area contributed by atoms with Crippen molar-refractivity contribution >= 4 is 5.91 Å². The SMILES string of the molecule is CC/C=C\C/C=C\C/C=C\C/C=C\C/C=C\C/C=C\C/C=C\CCCCCCCCCCCCCC(=O)NC(CO)C(O)/C=C/CC/C=C/CC/C=C/CCCCCCCCCC. The van der Waals surface area contributed by atoms with Crippen LogP contribution in [0.1, 0.15) is 226 Å². The van der Waals surface area contributed by atoms with E-state index in [0.717, 1.165) is 89.9 Å². The Morgan fingerprint density at radius 2 is 0.714 bits per heavy atom. The van der Waals surface area contributed by atoms with Crippen molar-refractivity contribution < 1.29 is 15.0 Å². The number of hydrogen-bond donors (Lipinski definition) is 3. The summed E-state index contributed by atoms with van der Waals surface area (Å²) in [6.45, 7) is 4.17. The van der Waals surface area contributed by atoms with Crippen molar-refractivity contribution in [3.8, 4) is 0 Å². The maximum absolute atomic E-state index is 12.4. The van der Waals surface area contributed by atoms with Gasteiger partial charge in [-0.25, -0.2) is 0 Å². The molecule has 0 spiro atoms. The molecule has 0 radical (unpaired) electrons. The van der Waals surface area contributed by atoms with Gasteiger partial charge in [-0.2, -0.15) is 0 Å². The van der Waals surface area contributed by atoms with Crippen LogP contribution in [0.15, 0.2) is 122 Å². The summed E-state index contributed by atoms with van der Waals surface area (Å²) in [6, 6.07) is -0.655. The van der Waals surface area contributed by atoms with E-state index < -0.39 is 12.1 Å². The molecule has 63 heavy (non-hydrogen) atoms. The van der Waals surface area contributed by atoms with Gasteiger partial charge >= 0.3 is 0 Å². The van der Waals surface area contributed by atoms with Crippen molar-refractivity contribution in [3.63, 3.8) is 0 Å². The molecule has 2 atom stereocenters. The molecule has 0 aliphatic rings. The molecule has 1 amide bonds. The van der Waals surface area contributed by atoms with Crippen molar-refractivity contribution in [2.24, 2.45) is 0 Å². The van der Waals surface area contributed by atoms with Crippen LogP contribution in [-0.2, 0) is 4.79 Å². The molecule has 0 heterocycles. The second-order valence-electron chi connectivity index (χ2n) is 17.2. The average Bonchev–Trinajstić information content (AvgIpc) is 3.29. The summed E-state index contributed by atoms with van der Waals surface area (Å²) in [6.07, 6.45) is 81.9. The van der Waals surface area contributed by atoms with E-state index in [1.54, 1.807) is 6.08 Å². The Morgan fingerprint density at radius 3 is 1.11 bits per heavy atom. The first-order chi connectivity index (χ1) is 31.2. The number of nitrogens with one attached hydrogen (secondary N) is 1. The highest BCUT2D eigenvalue weighted by atomic mass is 16.3. The molecule has 0 aliphatic carbocycles. The minimum atomic E-state index is -0.879. The lowest BCUT2D eigenvalue weighted by atomic mass is 10.0. The molecule has 4 heteroatoms. The highest BCUT2D eigenvalue weighted by molar-refractivity contribution is 5.76. The third-order valence-electron chi connectivity index (χ3n) is 11.2. The number of hydrogen-bond acceptors (Lipinski definition) is 3. The van der Waals surface area contributed by atoms with Gasteiger partial charge in [0, 0.05) is 6.42 Å². The summed E-state index contributed by atoms with van der Waals surface area (Å²) in [4.78, 5) is 12.4. The van der Waals surface area contributed by atoms with E-state index >= 15 is 0 Å². The Labute approximate surface area is 390 Å². The maximum atomic E-state index is 12.4. The molecule has 0 rings (SSSR count). The fourth-order valence-electron chi connectivity index (χ4n) is 7.19. The van der Waals surface area contributed by atoms with Crippen molar-refractivity contribution in [1.82, 2.24) is 5.32 Å². The fraction of sp³-hybridized carbons (Fsp3) is 0.644. The first-order valence-electron chi connectivity index (χ1n) is 26.2. The van der Waals surface area contributed by atoms with Gasteiger partial charge in [0.15, 0.2) is 0 Å². The van der Waals surface area contributed by atoms with Crippen molar-refractivity contribution in [2.45, 2.75) is 238 Å². The largest absolute Gasteiger partial charge is 0.394 e. The molecule has 0 aromatic heterocycles. The van der Waals surface area contributed by atoms with Gasteiger partial charge < -0.3 is 15.5 Å². The molecule has 0 aliphatic heterocycles. The summed E-state index contributed by atoms with van der Waals surface area (Å²) in [5, 5.41) is 23.1. The Bertz CT molecular complexity index is 1260. The van der Waals surface area contributed by atoms with E-state index in [9.17, 15) is 15.0 Å². The standard InChI is InChI=1S/C59H99NO3/c1-3-5-7-9-11-13-15-17-19-21-23-24-25-26-27-28-29-30-31-32-33-34-35-36-37-39-41-43-45-47-49-51-53-55-59(63)60-57(56-61)58(62)54-52-50-48-46-44-42-40-38-22-20-18-16-14-12-10-8-6-4-2/h5,7,11,13,17,19,22-24,26-27,29-30,32-33,38,44,46,52,54,57-58,61-62H,3-4,6,8-10,12,14-16,18,20-21,25,28,31,34-37,39-43,45,47-51,53,55-56H2,1-2H3,(H,60,63)/b7-5-,13-11-,19-17-,24-23-,27-26-,30-29-,33-32-,38-22+,46-44+,54-52+. The van der Waals surface area contributed by atoms with E-state index in [-0.39, 0.29) is 12.5 Å². The predicted octanol–water partition coefficient (Wildman–Crippen LogP) is 17.3. The lowest BCUT2D eigenvalue weighted by Crippen LogP contribution is -2.45. The smallest absolute Gasteiger partial charge is 0.220 e. The Hall–Kier alpha value is -3.21. The molecule has 0 bridgehead atoms. The maximum Gasteiger partial charge on any atom is 0.220 e. The normalized spacial score (nSPS) is 13.9. The molecule has 358 valence electrons. The van der Waals surface area contributed by atoms with E-state index in [1.807, 2.05) is 6.08 Å². The molecule has 0 saturated carbocycles. The van der Waals surface area contributed by atoms with Crippen LogP contribution in [0.3, 0.4) is 0 Å². The first kappa shape index (κ1) is 59.8. The number of amides is 1. The van der Waals surface area contributed by atoms with Crippen LogP contribution in [0.4, 0.5) is 0 Å². The summed E-state index contributed by atoms with van der Waals surface area (Å²) >= 11 is 0. The van der Waals surface area contributed by atoms with Gasteiger partial charge in [0.25, 0.3) is 0 Å². The second kappa shape index (κ2) is 53.1. The molecular weight excluding hydrogens is 771 g/mol. The topological polar surface area (TPSA) is 69.6 Å². The highest BCUT2D eigenvalue weighted by Crippen LogP contribution is 2.14. The van der Waals surface area contributed by atoms with E-state index in [4.69, 9.17) is 0 Å². The van der Waals surface area contributed by atoms with Gasteiger partial charge in [-0.15, -0.1) is 0 Å². The second-order valence-corrected chi connectivity index (χ2v) is 17.2. The minimum absolute atomic E-state index is 0.0864. The Morgan fingerprint density at radius 1 is 0.397 bits per heavy atom. The van der Waals surface area contributed by atoms with Crippen LogP contribution in [0.2, 0.25) is 0 Å². The molecule has 2 unspecified atom stereocenters. The number of carbonyl (C=O) groups is 1. The van der Waals surface area contributed by atoms with Crippen molar-refractivity contribution in [1.29, 1.82) is 0 Å². The number of aliphatic hydroxyl groups excluding tert-OH is 2. The van der Waals surface area contributed by atoms with Gasteiger partial charge in [-0.3, -0.25) is 4.79 Å². The Balaban J connectivity index is 3.64. The molecule has 0 aromatic carbocycles. The average molecular weight is 870 g/mol. The van der Waals surface area contributed by atoms with Gasteiger partial charge in [-0.05, 0) is 103 Å². The molecule has 4 nitrogen and oxygen atoms in total. The lowest BCUT2D eigenvalue weighted by Gasteiger charge is -2.19. The molecule has 0 saturated heterocycles. The van der Waals surface area contributed by atoms with Crippen molar-refractivity contribution in [3.05, 3.63) is 122 Å². The van der Waals surface area contributed by atoms with Gasteiger partial charge in [0.1, 0.15) is 0 Å². The van der Waals surface area contributed by atoms with Gasteiger partial charge in [-0.1, -0.05) is 238 Å². The zero-order valence-electron chi connectivity index (χ0n) is 41.0. The number of allylic oxidation sites excluding steroid dienone is 19. The number of carbonyl (C=O) groups excluding carboxylic acids is 1. The number of aliphatic hydroxyl groups is 2. The van der Waals surface area contributed by atoms with Crippen LogP contribution < -0.4 is 5.32 Å². The van der Waals surface area contributed by atoms with Crippen LogP contribution in [-0.4, -0.2) is 34.9 Å². The molecular formula is C59H99NO3. The summed E-state index contributed by atoms with van der Waals surface area (Å²) in [5.74, 6) is -0.0864. The summed E-state index contributed by atoms with van der Waals surface area (Å²) < 4.78 is 0. The van der Waals surface area contributed by atoms with Crippen LogP contribution >= 0.6 is 0 Å². The van der Waals surface area contributed by atoms with Crippen LogP contribution in [0.5, 0.6) is 0 Å². The lowest BCUT2D eigenvalue weighted by molar-refractivity contribution is -0.123. The minimum Gasteiger partial charge on any atom is -0.394 e. The first-order valence-corrected chi connectivity index (χ1v) is 26.2. The number of rotatable bonds is 46. The monoisotopic (exact) mass is 870 g/mol. The molecule has 0 aromatic rings. The van der Waals surface area contributed by atoms with Crippen LogP contribution in [0.25, 0.3) is 0 Å². The molecule has 3 N–H and O–H groups in total. The number of unbranched alkanes of at least 4 members (excludes halogenated alkanes) is 21. The zero-order valence-corrected chi connectivity index (χ0v) is 41.0. The quantitative estimate of drug-likeness (QED) is 0.0422. The summed E-state index contributed by atoms with van der Waals surface area (Å²) in [7, 11) is 0. The highest BCUT2D eigenvalue weighted by Gasteiger charge is 2.17. The third-order valence-corrected chi connectivity index (χ3v) is 11.2. The third kappa shape index (κ3) is 49.7. The van der Waals surface area contributed by atoms with Gasteiger partial charge in [0.2, 0.25) is 5.91 Å². The van der Waals surface area contributed by atoms with Crippen LogP contribution in [0, 0.1) is 0 Å². The van der Waals surface area contributed by atoms with E-state index in [0.29, 0.717) is 6.42 Å². The van der Waals surface area contributed by atoms with Gasteiger partial charge in [0.05, 0.1) is 18.8 Å². The van der Waals surface area contributed by atoms with E-state index in [1.165, 1.54) is 116 Å².